The number of aryl methyl sites for hydroxylation is 2. The summed E-state index contributed by atoms with van der Waals surface area (Å²) in [5.41, 5.74) is 3.63. The molecule has 0 unspecified atom stereocenters. The molecule has 1 heterocycles. The molecule has 1 amide bonds. The first-order chi connectivity index (χ1) is 11.5. The molecule has 3 nitrogen and oxygen atoms in total. The average Bonchev–Trinajstić information content (AvgIpc) is 2.59. The van der Waals surface area contributed by atoms with Gasteiger partial charge < -0.3 is 4.90 Å². The predicted molar refractivity (Wildman–Crippen MR) is 93.5 cm³/mol. The fraction of sp³-hybridized carbons (Fsp3) is 0.350. The Morgan fingerprint density at radius 3 is 2.38 bits per heavy atom. The first kappa shape index (κ1) is 16.7. The Labute approximate surface area is 142 Å². The van der Waals surface area contributed by atoms with Crippen molar-refractivity contribution in [2.24, 2.45) is 0 Å². The third-order valence-corrected chi connectivity index (χ3v) is 4.73. The summed E-state index contributed by atoms with van der Waals surface area (Å²) in [6, 6.07) is 13.1. The molecule has 0 N–H and O–H groups in total. The molecule has 1 saturated heterocycles. The van der Waals surface area contributed by atoms with Crippen LogP contribution in [-0.4, -0.2) is 41.9 Å². The number of hydrogen-bond donors (Lipinski definition) is 0. The van der Waals surface area contributed by atoms with E-state index in [1.165, 1.54) is 17.2 Å². The quantitative estimate of drug-likeness (QED) is 0.863. The maximum atomic E-state index is 13.7. The van der Waals surface area contributed by atoms with Crippen molar-refractivity contribution in [3.05, 3.63) is 70.5 Å². The highest BCUT2D eigenvalue weighted by molar-refractivity contribution is 5.94. The second-order valence-corrected chi connectivity index (χ2v) is 6.46. The van der Waals surface area contributed by atoms with Crippen molar-refractivity contribution in [3.63, 3.8) is 0 Å². The molecule has 1 aliphatic rings. The van der Waals surface area contributed by atoms with E-state index in [-0.39, 0.29) is 11.7 Å². The molecule has 0 bridgehead atoms. The van der Waals surface area contributed by atoms with E-state index in [1.807, 2.05) is 4.90 Å². The van der Waals surface area contributed by atoms with Crippen LogP contribution in [0, 0.1) is 19.7 Å². The molecular weight excluding hydrogens is 303 g/mol. The second kappa shape index (κ2) is 7.14. The van der Waals surface area contributed by atoms with Gasteiger partial charge in [0.15, 0.2) is 0 Å². The molecule has 0 radical (unpaired) electrons. The fourth-order valence-corrected chi connectivity index (χ4v) is 3.05. The maximum absolute atomic E-state index is 13.7. The highest BCUT2D eigenvalue weighted by Crippen LogP contribution is 2.15. The molecule has 0 aromatic heterocycles. The standard InChI is InChI=1S/C20H23FN2O/c1-15-5-3-4-6-18(15)14-22-9-11-23(12-10-22)20(24)17-8-7-16(2)19(21)13-17/h3-8,13H,9-12,14H2,1-2H3. The van der Waals surface area contributed by atoms with Gasteiger partial charge in [-0.25, -0.2) is 4.39 Å². The summed E-state index contributed by atoms with van der Waals surface area (Å²) >= 11 is 0. The summed E-state index contributed by atoms with van der Waals surface area (Å²) < 4.78 is 13.7. The van der Waals surface area contributed by atoms with Crippen molar-refractivity contribution in [2.75, 3.05) is 26.2 Å². The zero-order chi connectivity index (χ0) is 17.1. The molecule has 0 saturated carbocycles. The number of benzene rings is 2. The van der Waals surface area contributed by atoms with Crippen LogP contribution in [0.15, 0.2) is 42.5 Å². The average molecular weight is 326 g/mol. The van der Waals surface area contributed by atoms with Gasteiger partial charge in [-0.3, -0.25) is 9.69 Å². The summed E-state index contributed by atoms with van der Waals surface area (Å²) in [6.45, 7) is 7.78. The van der Waals surface area contributed by atoms with Gasteiger partial charge in [0.05, 0.1) is 0 Å². The van der Waals surface area contributed by atoms with Crippen LogP contribution in [0.2, 0.25) is 0 Å². The number of carbonyl (C=O) groups is 1. The summed E-state index contributed by atoms with van der Waals surface area (Å²) in [5.74, 6) is -0.400. The molecule has 1 aliphatic heterocycles. The molecule has 2 aromatic carbocycles. The van der Waals surface area contributed by atoms with Gasteiger partial charge in [0.25, 0.3) is 5.91 Å². The van der Waals surface area contributed by atoms with Crippen molar-refractivity contribution in [3.8, 4) is 0 Å². The Balaban J connectivity index is 1.59. The van der Waals surface area contributed by atoms with Crippen molar-refractivity contribution >= 4 is 5.91 Å². The van der Waals surface area contributed by atoms with Crippen LogP contribution in [0.25, 0.3) is 0 Å². The van der Waals surface area contributed by atoms with Crippen molar-refractivity contribution in [1.29, 1.82) is 0 Å². The number of nitrogens with zero attached hydrogens (tertiary/aromatic N) is 2. The monoisotopic (exact) mass is 326 g/mol. The van der Waals surface area contributed by atoms with E-state index in [1.54, 1.807) is 19.1 Å². The number of rotatable bonds is 3. The van der Waals surface area contributed by atoms with E-state index in [2.05, 4.69) is 36.1 Å². The lowest BCUT2D eigenvalue weighted by Crippen LogP contribution is -2.48. The molecule has 126 valence electrons. The van der Waals surface area contributed by atoms with E-state index in [0.717, 1.165) is 19.6 Å². The van der Waals surface area contributed by atoms with E-state index < -0.39 is 0 Å². The molecule has 3 rings (SSSR count). The van der Waals surface area contributed by atoms with Crippen molar-refractivity contribution in [2.45, 2.75) is 20.4 Å². The van der Waals surface area contributed by atoms with E-state index >= 15 is 0 Å². The largest absolute Gasteiger partial charge is 0.336 e. The normalized spacial score (nSPS) is 15.5. The van der Waals surface area contributed by atoms with Gasteiger partial charge in [-0.05, 0) is 42.7 Å². The van der Waals surface area contributed by atoms with Gasteiger partial charge in [-0.15, -0.1) is 0 Å². The minimum Gasteiger partial charge on any atom is -0.336 e. The van der Waals surface area contributed by atoms with Gasteiger partial charge in [-0.1, -0.05) is 30.3 Å². The molecular formula is C20H23FN2O. The van der Waals surface area contributed by atoms with Crippen LogP contribution in [0.3, 0.4) is 0 Å². The first-order valence-electron chi connectivity index (χ1n) is 8.37. The number of hydrogen-bond acceptors (Lipinski definition) is 2. The van der Waals surface area contributed by atoms with Gasteiger partial charge in [0, 0.05) is 38.3 Å². The Kier molecular flexibility index (Phi) is 4.95. The molecule has 0 aliphatic carbocycles. The van der Waals surface area contributed by atoms with Crippen molar-refractivity contribution < 1.29 is 9.18 Å². The zero-order valence-corrected chi connectivity index (χ0v) is 14.3. The van der Waals surface area contributed by atoms with Crippen LogP contribution >= 0.6 is 0 Å². The van der Waals surface area contributed by atoms with Crippen LogP contribution in [0.5, 0.6) is 0 Å². The Morgan fingerprint density at radius 1 is 1.00 bits per heavy atom. The molecule has 1 fully saturated rings. The maximum Gasteiger partial charge on any atom is 0.254 e. The third kappa shape index (κ3) is 3.65. The zero-order valence-electron chi connectivity index (χ0n) is 14.3. The second-order valence-electron chi connectivity index (χ2n) is 6.46. The lowest BCUT2D eigenvalue weighted by molar-refractivity contribution is 0.0627. The first-order valence-corrected chi connectivity index (χ1v) is 8.37. The third-order valence-electron chi connectivity index (χ3n) is 4.73. The van der Waals surface area contributed by atoms with Gasteiger partial charge in [0.2, 0.25) is 0 Å². The highest BCUT2D eigenvalue weighted by atomic mass is 19.1. The minimum absolute atomic E-state index is 0.0792. The number of piperazine rings is 1. The summed E-state index contributed by atoms with van der Waals surface area (Å²) in [6.07, 6.45) is 0. The smallest absolute Gasteiger partial charge is 0.254 e. The summed E-state index contributed by atoms with van der Waals surface area (Å²) in [4.78, 5) is 16.7. The van der Waals surface area contributed by atoms with Gasteiger partial charge >= 0.3 is 0 Å². The van der Waals surface area contributed by atoms with Crippen molar-refractivity contribution in [1.82, 2.24) is 9.80 Å². The molecule has 0 spiro atoms. The Morgan fingerprint density at radius 2 is 1.71 bits per heavy atom. The van der Waals surface area contributed by atoms with Crippen LogP contribution in [0.4, 0.5) is 4.39 Å². The lowest BCUT2D eigenvalue weighted by Gasteiger charge is -2.35. The summed E-state index contributed by atoms with van der Waals surface area (Å²) in [7, 11) is 0. The predicted octanol–water partition coefficient (Wildman–Crippen LogP) is 3.40. The van der Waals surface area contributed by atoms with E-state index in [0.29, 0.717) is 24.2 Å². The Bertz CT molecular complexity index is 736. The van der Waals surface area contributed by atoms with E-state index in [4.69, 9.17) is 0 Å². The fourth-order valence-electron chi connectivity index (χ4n) is 3.05. The van der Waals surface area contributed by atoms with Gasteiger partial charge in [-0.2, -0.15) is 0 Å². The van der Waals surface area contributed by atoms with Crippen LogP contribution < -0.4 is 0 Å². The highest BCUT2D eigenvalue weighted by Gasteiger charge is 2.22. The Hall–Kier alpha value is -2.20. The number of amides is 1. The minimum atomic E-state index is -0.320. The molecule has 24 heavy (non-hydrogen) atoms. The summed E-state index contributed by atoms with van der Waals surface area (Å²) in [5, 5.41) is 0. The molecule has 2 aromatic rings. The van der Waals surface area contributed by atoms with Gasteiger partial charge in [0.1, 0.15) is 5.82 Å². The molecule has 4 heteroatoms. The topological polar surface area (TPSA) is 23.6 Å². The number of halogens is 1. The lowest BCUT2D eigenvalue weighted by atomic mass is 10.1. The van der Waals surface area contributed by atoms with E-state index in [9.17, 15) is 9.18 Å². The number of carbonyl (C=O) groups excluding carboxylic acids is 1. The molecule has 0 atom stereocenters. The van der Waals surface area contributed by atoms with Crippen LogP contribution in [0.1, 0.15) is 27.0 Å². The van der Waals surface area contributed by atoms with Crippen LogP contribution in [-0.2, 0) is 6.54 Å². The SMILES string of the molecule is Cc1ccc(C(=O)N2CCN(Cc3ccccc3C)CC2)cc1F.